The van der Waals surface area contributed by atoms with Gasteiger partial charge in [-0.15, -0.1) is 0 Å². The third-order valence-corrected chi connectivity index (χ3v) is 8.34. The summed E-state index contributed by atoms with van der Waals surface area (Å²) in [5.41, 5.74) is 1.02. The Hall–Kier alpha value is -3.70. The summed E-state index contributed by atoms with van der Waals surface area (Å²) in [6.45, 7) is 2.71. The van der Waals surface area contributed by atoms with Gasteiger partial charge in [0.1, 0.15) is 24.7 Å². The first kappa shape index (κ1) is 25.0. The van der Waals surface area contributed by atoms with Crippen LogP contribution in [0.5, 0.6) is 11.5 Å². The minimum absolute atomic E-state index is 0.00334. The standard InChI is InChI=1S/C26H26FN3O6S/c1-17-25(23(36-29-17)10-8-18-5-2-3-7-21(18)27)37(32,33)30-12-4-6-19(16-30)26(31)28-20-9-11-22-24(15-20)35-14-13-34-22/h2-3,5,7-11,15,19H,4,6,12-14,16H2,1H3,(H,28,31)/b10-8+/t19-/m0/s1. The molecule has 0 unspecified atom stereocenters. The molecular formula is C26H26FN3O6S. The normalized spacial score (nSPS) is 18.2. The van der Waals surface area contributed by atoms with E-state index in [1.807, 2.05) is 0 Å². The number of ether oxygens (including phenoxy) is 2. The average molecular weight is 528 g/mol. The number of benzene rings is 2. The second-order valence-corrected chi connectivity index (χ2v) is 10.7. The van der Waals surface area contributed by atoms with Crippen molar-refractivity contribution in [1.82, 2.24) is 9.46 Å². The Morgan fingerprint density at radius 2 is 1.92 bits per heavy atom. The van der Waals surface area contributed by atoms with Gasteiger partial charge >= 0.3 is 0 Å². The summed E-state index contributed by atoms with van der Waals surface area (Å²) in [6.07, 6.45) is 3.89. The summed E-state index contributed by atoms with van der Waals surface area (Å²) in [7, 11) is -4.03. The Bertz CT molecular complexity index is 1450. The number of carbonyl (C=O) groups excluding carboxylic acids is 1. The molecule has 0 spiro atoms. The second kappa shape index (κ2) is 10.3. The second-order valence-electron chi connectivity index (χ2n) is 8.87. The van der Waals surface area contributed by atoms with Gasteiger partial charge in [-0.1, -0.05) is 23.4 Å². The molecule has 2 aromatic carbocycles. The van der Waals surface area contributed by atoms with Gasteiger partial charge in [-0.05, 0) is 50.1 Å². The summed E-state index contributed by atoms with van der Waals surface area (Å²) in [5, 5.41) is 6.69. The first-order valence-electron chi connectivity index (χ1n) is 11.9. The van der Waals surface area contributed by atoms with Crippen LogP contribution >= 0.6 is 0 Å². The number of anilines is 1. The smallest absolute Gasteiger partial charge is 0.248 e. The molecule has 1 saturated heterocycles. The molecule has 0 saturated carbocycles. The van der Waals surface area contributed by atoms with Crippen LogP contribution in [0.3, 0.4) is 0 Å². The van der Waals surface area contributed by atoms with Crippen LogP contribution in [0, 0.1) is 18.7 Å². The molecular weight excluding hydrogens is 501 g/mol. The van der Waals surface area contributed by atoms with E-state index in [2.05, 4.69) is 10.5 Å². The van der Waals surface area contributed by atoms with E-state index in [0.717, 1.165) is 0 Å². The summed E-state index contributed by atoms with van der Waals surface area (Å²) in [4.78, 5) is 12.9. The molecule has 5 rings (SSSR count). The van der Waals surface area contributed by atoms with E-state index in [0.29, 0.717) is 43.2 Å². The number of fused-ring (bicyclic) bond motifs is 1. The molecule has 2 aliphatic rings. The summed E-state index contributed by atoms with van der Waals surface area (Å²) < 4.78 is 58.9. The van der Waals surface area contributed by atoms with Crippen LogP contribution in [0.2, 0.25) is 0 Å². The molecule has 1 atom stereocenters. The third kappa shape index (κ3) is 5.23. The number of aromatic nitrogens is 1. The van der Waals surface area contributed by atoms with Crippen LogP contribution < -0.4 is 14.8 Å². The lowest BCUT2D eigenvalue weighted by Gasteiger charge is -2.31. The van der Waals surface area contributed by atoms with E-state index in [-0.39, 0.29) is 40.9 Å². The molecule has 3 heterocycles. The predicted molar refractivity (Wildman–Crippen MR) is 134 cm³/mol. The molecule has 2 aliphatic heterocycles. The Labute approximate surface area is 213 Å². The van der Waals surface area contributed by atoms with Crippen molar-refractivity contribution in [2.24, 2.45) is 5.92 Å². The Balaban J connectivity index is 1.32. The number of carbonyl (C=O) groups is 1. The van der Waals surface area contributed by atoms with Crippen molar-refractivity contribution in [1.29, 1.82) is 0 Å². The molecule has 0 radical (unpaired) electrons. The number of halogens is 1. The minimum atomic E-state index is -4.03. The molecule has 9 nitrogen and oxygen atoms in total. The van der Waals surface area contributed by atoms with Crippen molar-refractivity contribution in [3.63, 3.8) is 0 Å². The summed E-state index contributed by atoms with van der Waals surface area (Å²) in [6, 6.07) is 11.3. The van der Waals surface area contributed by atoms with E-state index in [1.165, 1.54) is 29.4 Å². The molecule has 0 aliphatic carbocycles. The van der Waals surface area contributed by atoms with Crippen molar-refractivity contribution in [2.75, 3.05) is 31.6 Å². The molecule has 11 heteroatoms. The zero-order chi connectivity index (χ0) is 26.0. The largest absolute Gasteiger partial charge is 0.486 e. The van der Waals surface area contributed by atoms with E-state index in [9.17, 15) is 17.6 Å². The molecule has 1 fully saturated rings. The molecule has 1 aromatic heterocycles. The van der Waals surface area contributed by atoms with Crippen LogP contribution in [-0.4, -0.2) is 50.1 Å². The van der Waals surface area contributed by atoms with Crippen molar-refractivity contribution in [2.45, 2.75) is 24.7 Å². The van der Waals surface area contributed by atoms with Gasteiger partial charge < -0.3 is 19.3 Å². The Morgan fingerprint density at radius 1 is 1.14 bits per heavy atom. The molecule has 0 bridgehead atoms. The lowest BCUT2D eigenvalue weighted by atomic mass is 9.98. The number of aryl methyl sites for hydroxylation is 1. The fraction of sp³-hybridized carbons (Fsp3) is 0.308. The maximum atomic E-state index is 14.0. The zero-order valence-corrected chi connectivity index (χ0v) is 21.0. The van der Waals surface area contributed by atoms with Gasteiger partial charge in [0.25, 0.3) is 0 Å². The summed E-state index contributed by atoms with van der Waals surface area (Å²) in [5.74, 6) is -0.0996. The highest BCUT2D eigenvalue weighted by atomic mass is 32.2. The first-order valence-corrected chi connectivity index (χ1v) is 13.4. The Morgan fingerprint density at radius 3 is 2.73 bits per heavy atom. The number of nitrogens with one attached hydrogen (secondary N) is 1. The van der Waals surface area contributed by atoms with Crippen molar-refractivity contribution in [3.05, 3.63) is 65.3 Å². The number of rotatable bonds is 6. The third-order valence-electron chi connectivity index (χ3n) is 6.32. The molecule has 37 heavy (non-hydrogen) atoms. The SMILES string of the molecule is Cc1noc(/C=C/c2ccccc2F)c1S(=O)(=O)N1CCC[C@H](C(=O)Nc2ccc3c(c2)OCCO3)C1. The van der Waals surface area contributed by atoms with Crippen molar-refractivity contribution in [3.8, 4) is 11.5 Å². The lowest BCUT2D eigenvalue weighted by molar-refractivity contribution is -0.120. The van der Waals surface area contributed by atoms with Gasteiger partial charge in [0.05, 0.1) is 5.92 Å². The predicted octanol–water partition coefficient (Wildman–Crippen LogP) is 4.10. The van der Waals surface area contributed by atoms with Gasteiger partial charge in [0, 0.05) is 30.4 Å². The van der Waals surface area contributed by atoms with E-state index in [1.54, 1.807) is 36.4 Å². The highest BCUT2D eigenvalue weighted by Crippen LogP contribution is 2.34. The number of nitrogens with zero attached hydrogens (tertiary/aromatic N) is 2. The van der Waals surface area contributed by atoms with E-state index < -0.39 is 21.8 Å². The van der Waals surface area contributed by atoms with Crippen molar-refractivity contribution >= 4 is 33.8 Å². The van der Waals surface area contributed by atoms with Crippen LogP contribution in [0.15, 0.2) is 51.9 Å². The molecule has 194 valence electrons. The average Bonchev–Trinajstić information content (AvgIpc) is 3.29. The quantitative estimate of drug-likeness (QED) is 0.514. The van der Waals surface area contributed by atoms with Crippen LogP contribution in [0.25, 0.3) is 12.2 Å². The number of hydrogen-bond acceptors (Lipinski definition) is 7. The van der Waals surface area contributed by atoms with Crippen LogP contribution in [0.1, 0.15) is 29.9 Å². The Kier molecular flexibility index (Phi) is 6.98. The lowest BCUT2D eigenvalue weighted by Crippen LogP contribution is -2.43. The number of amides is 1. The summed E-state index contributed by atoms with van der Waals surface area (Å²) >= 11 is 0. The van der Waals surface area contributed by atoms with Gasteiger partial charge in [0.15, 0.2) is 22.2 Å². The van der Waals surface area contributed by atoms with Gasteiger partial charge in [-0.25, -0.2) is 12.8 Å². The highest BCUT2D eigenvalue weighted by Gasteiger charge is 2.37. The van der Waals surface area contributed by atoms with Gasteiger partial charge in [0.2, 0.25) is 15.9 Å². The first-order chi connectivity index (χ1) is 17.8. The van der Waals surface area contributed by atoms with Crippen LogP contribution in [-0.2, 0) is 14.8 Å². The highest BCUT2D eigenvalue weighted by molar-refractivity contribution is 7.89. The zero-order valence-electron chi connectivity index (χ0n) is 20.1. The van der Waals surface area contributed by atoms with Gasteiger partial charge in [-0.3, -0.25) is 4.79 Å². The fourth-order valence-corrected chi connectivity index (χ4v) is 6.22. The minimum Gasteiger partial charge on any atom is -0.486 e. The molecule has 3 aromatic rings. The van der Waals surface area contributed by atoms with Crippen molar-refractivity contribution < 1.29 is 31.6 Å². The maximum absolute atomic E-state index is 14.0. The number of sulfonamides is 1. The topological polar surface area (TPSA) is 111 Å². The van der Waals surface area contributed by atoms with E-state index in [4.69, 9.17) is 14.0 Å². The molecule has 1 amide bonds. The maximum Gasteiger partial charge on any atom is 0.248 e. The monoisotopic (exact) mass is 527 g/mol. The number of hydrogen-bond donors (Lipinski definition) is 1. The van der Waals surface area contributed by atoms with Crippen LogP contribution in [0.4, 0.5) is 10.1 Å². The van der Waals surface area contributed by atoms with E-state index >= 15 is 0 Å². The fourth-order valence-electron chi connectivity index (χ4n) is 4.44. The molecule has 1 N–H and O–H groups in total. The van der Waals surface area contributed by atoms with Gasteiger partial charge in [-0.2, -0.15) is 4.31 Å². The number of piperidine rings is 1.